The predicted octanol–water partition coefficient (Wildman–Crippen LogP) is 3.94. The summed E-state index contributed by atoms with van der Waals surface area (Å²) in [4.78, 5) is 0. The third-order valence-corrected chi connectivity index (χ3v) is 3.28. The molecule has 31 heavy (non-hydrogen) atoms. The van der Waals surface area contributed by atoms with E-state index in [4.69, 9.17) is 34.6 Å². The fraction of sp³-hybridized carbons (Fsp3) is 1.00. The van der Waals surface area contributed by atoms with E-state index in [0.717, 1.165) is 12.8 Å². The molecule has 0 aromatic rings. The first-order valence-electron chi connectivity index (χ1n) is 10.9. The van der Waals surface area contributed by atoms with E-state index in [2.05, 4.69) is 0 Å². The van der Waals surface area contributed by atoms with Crippen LogP contribution in [0.2, 0.25) is 0 Å². The van der Waals surface area contributed by atoms with Gasteiger partial charge in [-0.3, -0.25) is 0 Å². The van der Waals surface area contributed by atoms with E-state index in [1.54, 1.807) is 0 Å². The van der Waals surface area contributed by atoms with Gasteiger partial charge in [-0.25, -0.2) is 0 Å². The van der Waals surface area contributed by atoms with E-state index in [-0.39, 0.29) is 49.7 Å². The van der Waals surface area contributed by atoms with Crippen LogP contribution in [0.5, 0.6) is 0 Å². The molecule has 0 saturated carbocycles. The third-order valence-electron chi connectivity index (χ3n) is 3.28. The number of ether oxygens (including phenoxy) is 3. The van der Waals surface area contributed by atoms with Crippen molar-refractivity contribution in [3.05, 3.63) is 0 Å². The molecular weight excluding hydrogens is 400 g/mol. The highest BCUT2D eigenvalue weighted by molar-refractivity contribution is 4.62. The minimum absolute atomic E-state index is 0. The standard InChI is InChI=1S/2C8H18O2.C7H16O3.CH4/c2*1-5-7(9)6-10-8(2,3)4;1-7(2,3)10-5-6(9)4-8;/h2*7,9H,5-6H2,1-4H3;6,8-9H,4-5H2,1-3H3;1H4/t7-;;6-;/m1.0./s1. The summed E-state index contributed by atoms with van der Waals surface area (Å²) >= 11 is 0. The van der Waals surface area contributed by atoms with Gasteiger partial charge in [-0.1, -0.05) is 21.3 Å². The van der Waals surface area contributed by atoms with Crippen molar-refractivity contribution in [2.24, 2.45) is 0 Å². The lowest BCUT2D eigenvalue weighted by atomic mass is 10.2. The van der Waals surface area contributed by atoms with Gasteiger partial charge in [0.1, 0.15) is 6.10 Å². The monoisotopic (exact) mass is 456 g/mol. The van der Waals surface area contributed by atoms with Gasteiger partial charge in [-0.15, -0.1) is 0 Å². The third kappa shape index (κ3) is 40.6. The summed E-state index contributed by atoms with van der Waals surface area (Å²) in [6.45, 7) is 22.3. The number of rotatable bonds is 9. The number of aliphatic hydroxyl groups excluding tert-OH is 4. The Kier molecular flexibility index (Phi) is 23.6. The van der Waals surface area contributed by atoms with Crippen LogP contribution >= 0.6 is 0 Å². The van der Waals surface area contributed by atoms with Gasteiger partial charge < -0.3 is 34.6 Å². The first-order chi connectivity index (χ1) is 13.4. The topological polar surface area (TPSA) is 109 Å². The van der Waals surface area contributed by atoms with Crippen LogP contribution in [0.3, 0.4) is 0 Å². The Labute approximate surface area is 193 Å². The summed E-state index contributed by atoms with van der Waals surface area (Å²) in [5.41, 5.74) is -0.498. The maximum Gasteiger partial charge on any atom is 0.100 e. The zero-order chi connectivity index (χ0) is 24.6. The summed E-state index contributed by atoms with van der Waals surface area (Å²) < 4.78 is 15.8. The van der Waals surface area contributed by atoms with Crippen molar-refractivity contribution < 1.29 is 34.6 Å². The van der Waals surface area contributed by atoms with Crippen LogP contribution in [0.25, 0.3) is 0 Å². The van der Waals surface area contributed by atoms with Crippen LogP contribution < -0.4 is 0 Å². The fourth-order valence-corrected chi connectivity index (χ4v) is 1.33. The summed E-state index contributed by atoms with van der Waals surface area (Å²) in [7, 11) is 0. The molecule has 0 aromatic heterocycles. The van der Waals surface area contributed by atoms with Crippen molar-refractivity contribution in [3.63, 3.8) is 0 Å². The summed E-state index contributed by atoms with van der Waals surface area (Å²) in [6.07, 6.45) is 0.157. The Morgan fingerprint density at radius 3 is 0.935 bits per heavy atom. The number of hydrogen-bond donors (Lipinski definition) is 4. The van der Waals surface area contributed by atoms with E-state index in [9.17, 15) is 0 Å². The first kappa shape index (κ1) is 38.0. The quantitative estimate of drug-likeness (QED) is 0.416. The lowest BCUT2D eigenvalue weighted by Crippen LogP contribution is -2.27. The van der Waals surface area contributed by atoms with Crippen molar-refractivity contribution in [2.45, 2.75) is 132 Å². The largest absolute Gasteiger partial charge is 0.394 e. The van der Waals surface area contributed by atoms with Gasteiger partial charge in [0.15, 0.2) is 0 Å². The maximum atomic E-state index is 9.10. The van der Waals surface area contributed by atoms with Gasteiger partial charge >= 0.3 is 0 Å². The minimum Gasteiger partial charge on any atom is -0.394 e. The first-order valence-corrected chi connectivity index (χ1v) is 10.9. The average Bonchev–Trinajstić information content (AvgIpc) is 2.61. The van der Waals surface area contributed by atoms with Gasteiger partial charge in [0, 0.05) is 0 Å². The summed E-state index contributed by atoms with van der Waals surface area (Å²) in [5.74, 6) is 0. The Hall–Kier alpha value is -0.280. The maximum absolute atomic E-state index is 9.10. The second-order valence-electron chi connectivity index (χ2n) is 10.2. The normalized spacial score (nSPS) is 14.8. The fourth-order valence-electron chi connectivity index (χ4n) is 1.33. The molecule has 7 heteroatoms. The molecule has 7 nitrogen and oxygen atoms in total. The Balaban J connectivity index is -0.000000174. The predicted molar refractivity (Wildman–Crippen MR) is 130 cm³/mol. The van der Waals surface area contributed by atoms with E-state index in [1.807, 2.05) is 76.2 Å². The number of hydrogen-bond acceptors (Lipinski definition) is 7. The van der Waals surface area contributed by atoms with Gasteiger partial charge in [0.2, 0.25) is 0 Å². The Morgan fingerprint density at radius 2 is 0.774 bits per heavy atom. The molecule has 0 rings (SSSR count). The molecule has 0 heterocycles. The molecule has 0 spiro atoms. The second kappa shape index (κ2) is 19.2. The van der Waals surface area contributed by atoms with Crippen molar-refractivity contribution >= 4 is 0 Å². The molecular formula is C24H56O7. The highest BCUT2D eigenvalue weighted by Gasteiger charge is 2.13. The molecule has 0 aliphatic carbocycles. The van der Waals surface area contributed by atoms with Crippen molar-refractivity contribution in [2.75, 3.05) is 26.4 Å². The van der Waals surface area contributed by atoms with Crippen LogP contribution in [0.1, 0.15) is 96.4 Å². The van der Waals surface area contributed by atoms with Crippen LogP contribution in [0.15, 0.2) is 0 Å². The molecule has 0 aromatic carbocycles. The SMILES string of the molecule is C.CC(C)(C)OC[C@@H](O)CO.CCC(O)COC(C)(C)C.CC[C@@H](O)COC(C)(C)C. The Morgan fingerprint density at radius 1 is 0.548 bits per heavy atom. The van der Waals surface area contributed by atoms with Crippen molar-refractivity contribution in [1.29, 1.82) is 0 Å². The molecule has 0 fully saturated rings. The van der Waals surface area contributed by atoms with Gasteiger partial charge in [-0.05, 0) is 75.2 Å². The van der Waals surface area contributed by atoms with E-state index in [0.29, 0.717) is 13.2 Å². The molecule has 0 amide bonds. The lowest BCUT2D eigenvalue weighted by molar-refractivity contribution is -0.0613. The number of aliphatic hydroxyl groups is 4. The molecule has 0 saturated heterocycles. The van der Waals surface area contributed by atoms with Crippen molar-refractivity contribution in [3.8, 4) is 0 Å². The van der Waals surface area contributed by atoms with Crippen molar-refractivity contribution in [1.82, 2.24) is 0 Å². The smallest absolute Gasteiger partial charge is 0.100 e. The lowest BCUT2D eigenvalue weighted by Gasteiger charge is -2.21. The van der Waals surface area contributed by atoms with E-state index < -0.39 is 6.10 Å². The van der Waals surface area contributed by atoms with Crippen LogP contribution in [0, 0.1) is 0 Å². The average molecular weight is 457 g/mol. The van der Waals surface area contributed by atoms with Gasteiger partial charge in [-0.2, -0.15) is 0 Å². The second-order valence-corrected chi connectivity index (χ2v) is 10.2. The van der Waals surface area contributed by atoms with E-state index in [1.165, 1.54) is 0 Å². The molecule has 0 bridgehead atoms. The summed E-state index contributed by atoms with van der Waals surface area (Å²) in [5, 5.41) is 35.4. The van der Waals surface area contributed by atoms with E-state index >= 15 is 0 Å². The zero-order valence-electron chi connectivity index (χ0n) is 21.5. The highest BCUT2D eigenvalue weighted by atomic mass is 16.5. The Bertz CT molecular complexity index is 311. The molecule has 0 aliphatic rings. The molecule has 0 aliphatic heterocycles. The summed E-state index contributed by atoms with van der Waals surface area (Å²) in [6, 6.07) is 0. The zero-order valence-corrected chi connectivity index (χ0v) is 21.5. The molecule has 3 atom stereocenters. The van der Waals surface area contributed by atoms with Crippen LogP contribution in [-0.2, 0) is 14.2 Å². The van der Waals surface area contributed by atoms with Gasteiger partial charge in [0.25, 0.3) is 0 Å². The highest BCUT2D eigenvalue weighted by Crippen LogP contribution is 2.08. The molecule has 194 valence electrons. The molecule has 0 radical (unpaired) electrons. The molecule has 4 N–H and O–H groups in total. The minimum atomic E-state index is -0.751. The molecule has 1 unspecified atom stereocenters. The van der Waals surface area contributed by atoms with Gasteiger partial charge in [0.05, 0.1) is 55.4 Å². The van der Waals surface area contributed by atoms with Crippen LogP contribution in [0.4, 0.5) is 0 Å². The van der Waals surface area contributed by atoms with Crippen LogP contribution in [-0.4, -0.2) is 82.0 Å².